The van der Waals surface area contributed by atoms with E-state index in [4.69, 9.17) is 17.3 Å². The Kier molecular flexibility index (Phi) is 3.32. The lowest BCUT2D eigenvalue weighted by atomic mass is 9.99. The van der Waals surface area contributed by atoms with Crippen LogP contribution < -0.4 is 5.73 Å². The van der Waals surface area contributed by atoms with Crippen LogP contribution in [0.25, 0.3) is 0 Å². The highest BCUT2D eigenvalue weighted by molar-refractivity contribution is 6.18. The Balaban J connectivity index is 3.21. The summed E-state index contributed by atoms with van der Waals surface area (Å²) in [4.78, 5) is 10.6. The summed E-state index contributed by atoms with van der Waals surface area (Å²) < 4.78 is 0. The molecular weight excluding hydrogens is 186 g/mol. The average Bonchev–Trinajstić information content (AvgIpc) is 2.12. The highest BCUT2D eigenvalue weighted by Crippen LogP contribution is 2.20. The zero-order chi connectivity index (χ0) is 9.84. The molecule has 2 nitrogen and oxygen atoms in total. The number of carbonyl (C=O) groups excluding carboxylic acids is 1. The average molecular weight is 198 g/mol. The highest BCUT2D eigenvalue weighted by atomic mass is 35.5. The van der Waals surface area contributed by atoms with Crippen molar-refractivity contribution in [3.05, 3.63) is 28.8 Å². The van der Waals surface area contributed by atoms with E-state index in [1.165, 1.54) is 0 Å². The van der Waals surface area contributed by atoms with Gasteiger partial charge in [-0.05, 0) is 36.6 Å². The Morgan fingerprint density at radius 2 is 2.23 bits per heavy atom. The van der Waals surface area contributed by atoms with Gasteiger partial charge < -0.3 is 5.73 Å². The lowest BCUT2D eigenvalue weighted by molar-refractivity contribution is 0.112. The second-order valence-corrected chi connectivity index (χ2v) is 3.28. The zero-order valence-electron chi connectivity index (χ0n) is 7.51. The molecule has 0 heterocycles. The molecule has 1 aromatic carbocycles. The molecular formula is C10H12ClNO. The van der Waals surface area contributed by atoms with Gasteiger partial charge in [-0.3, -0.25) is 4.79 Å². The first-order valence-corrected chi connectivity index (χ1v) is 4.63. The third kappa shape index (κ3) is 2.01. The molecule has 0 aliphatic heterocycles. The van der Waals surface area contributed by atoms with E-state index >= 15 is 0 Å². The monoisotopic (exact) mass is 197 g/mol. The Morgan fingerprint density at radius 1 is 1.54 bits per heavy atom. The van der Waals surface area contributed by atoms with Gasteiger partial charge in [0.15, 0.2) is 0 Å². The molecule has 0 aliphatic carbocycles. The molecule has 0 atom stereocenters. The second-order valence-electron chi connectivity index (χ2n) is 2.90. The number of nitrogen functional groups attached to an aromatic ring is 1. The number of anilines is 1. The van der Waals surface area contributed by atoms with Gasteiger partial charge in [-0.25, -0.2) is 0 Å². The molecule has 1 aromatic rings. The first kappa shape index (κ1) is 10.1. The first-order valence-electron chi connectivity index (χ1n) is 4.09. The van der Waals surface area contributed by atoms with E-state index in [9.17, 15) is 4.79 Å². The lowest BCUT2D eigenvalue weighted by Gasteiger charge is -2.09. The molecule has 0 saturated heterocycles. The number of nitrogens with two attached hydrogens (primary N) is 1. The van der Waals surface area contributed by atoms with Crippen LogP contribution in [-0.2, 0) is 6.42 Å². The van der Waals surface area contributed by atoms with Crippen LogP contribution in [0.4, 0.5) is 5.69 Å². The van der Waals surface area contributed by atoms with Crippen molar-refractivity contribution in [2.75, 3.05) is 11.6 Å². The van der Waals surface area contributed by atoms with E-state index in [-0.39, 0.29) is 0 Å². The maximum Gasteiger partial charge on any atom is 0.150 e. The molecule has 0 bridgehead atoms. The van der Waals surface area contributed by atoms with Gasteiger partial charge >= 0.3 is 0 Å². The van der Waals surface area contributed by atoms with Crippen molar-refractivity contribution < 1.29 is 4.79 Å². The van der Waals surface area contributed by atoms with E-state index in [1.807, 2.05) is 6.92 Å². The molecule has 0 aliphatic rings. The predicted molar refractivity (Wildman–Crippen MR) is 55.4 cm³/mol. The van der Waals surface area contributed by atoms with Gasteiger partial charge in [0.2, 0.25) is 0 Å². The maximum atomic E-state index is 10.6. The smallest absolute Gasteiger partial charge is 0.150 e. The van der Waals surface area contributed by atoms with Gasteiger partial charge in [-0.15, -0.1) is 11.6 Å². The van der Waals surface area contributed by atoms with Crippen molar-refractivity contribution in [2.24, 2.45) is 0 Å². The van der Waals surface area contributed by atoms with E-state index in [0.717, 1.165) is 17.4 Å². The Labute approximate surface area is 82.7 Å². The van der Waals surface area contributed by atoms with Crippen molar-refractivity contribution >= 4 is 23.6 Å². The molecule has 13 heavy (non-hydrogen) atoms. The van der Waals surface area contributed by atoms with E-state index < -0.39 is 0 Å². The third-order valence-electron chi connectivity index (χ3n) is 2.15. The van der Waals surface area contributed by atoms with Gasteiger partial charge in [0, 0.05) is 17.1 Å². The van der Waals surface area contributed by atoms with Crippen LogP contribution >= 0.6 is 11.6 Å². The molecule has 0 fully saturated rings. The van der Waals surface area contributed by atoms with Gasteiger partial charge in [-0.1, -0.05) is 0 Å². The van der Waals surface area contributed by atoms with E-state index in [0.29, 0.717) is 23.6 Å². The summed E-state index contributed by atoms with van der Waals surface area (Å²) in [7, 11) is 0. The normalized spacial score (nSPS) is 10.0. The number of halogens is 1. The largest absolute Gasteiger partial charge is 0.398 e. The predicted octanol–water partition coefficient (Wildman–Crippen LogP) is 2.17. The number of carbonyl (C=O) groups is 1. The standard InChI is InChI=1S/C10H12ClNO/c1-7-8(6-13)2-3-10(12)9(7)4-5-11/h2-3,6H,4-5,12H2,1H3. The first-order chi connectivity index (χ1) is 6.20. The highest BCUT2D eigenvalue weighted by Gasteiger charge is 2.06. The number of hydrogen-bond donors (Lipinski definition) is 1. The number of benzene rings is 1. The van der Waals surface area contributed by atoms with Gasteiger partial charge in [0.05, 0.1) is 0 Å². The SMILES string of the molecule is Cc1c(C=O)ccc(N)c1CCCl. The third-order valence-corrected chi connectivity index (χ3v) is 2.34. The fourth-order valence-electron chi connectivity index (χ4n) is 1.35. The molecule has 0 saturated carbocycles. The summed E-state index contributed by atoms with van der Waals surface area (Å²) >= 11 is 5.63. The quantitative estimate of drug-likeness (QED) is 0.459. The van der Waals surface area contributed by atoms with E-state index in [2.05, 4.69) is 0 Å². The lowest BCUT2D eigenvalue weighted by Crippen LogP contribution is -2.01. The fourth-order valence-corrected chi connectivity index (χ4v) is 1.54. The summed E-state index contributed by atoms with van der Waals surface area (Å²) in [5.41, 5.74) is 9.08. The van der Waals surface area contributed by atoms with Gasteiger partial charge in [0.1, 0.15) is 6.29 Å². The molecule has 0 aromatic heterocycles. The summed E-state index contributed by atoms with van der Waals surface area (Å²) in [6, 6.07) is 3.48. The molecule has 0 spiro atoms. The number of hydrogen-bond acceptors (Lipinski definition) is 2. The molecule has 70 valence electrons. The topological polar surface area (TPSA) is 43.1 Å². The van der Waals surface area contributed by atoms with Gasteiger partial charge in [0.25, 0.3) is 0 Å². The van der Waals surface area contributed by atoms with Crippen molar-refractivity contribution in [3.8, 4) is 0 Å². The van der Waals surface area contributed by atoms with Crippen LogP contribution in [0.1, 0.15) is 21.5 Å². The minimum absolute atomic E-state index is 0.521. The summed E-state index contributed by atoms with van der Waals surface area (Å²) in [6.45, 7) is 1.89. The van der Waals surface area contributed by atoms with Crippen molar-refractivity contribution in [1.29, 1.82) is 0 Å². The molecule has 0 unspecified atom stereocenters. The van der Waals surface area contributed by atoms with Crippen LogP contribution in [0.15, 0.2) is 12.1 Å². The van der Waals surface area contributed by atoms with Crippen LogP contribution in [-0.4, -0.2) is 12.2 Å². The fraction of sp³-hybridized carbons (Fsp3) is 0.300. The Bertz CT molecular complexity index is 323. The van der Waals surface area contributed by atoms with E-state index in [1.54, 1.807) is 12.1 Å². The molecule has 3 heteroatoms. The summed E-state index contributed by atoms with van der Waals surface area (Å²) in [5.74, 6) is 0.521. The van der Waals surface area contributed by atoms with Crippen LogP contribution in [0.3, 0.4) is 0 Å². The zero-order valence-corrected chi connectivity index (χ0v) is 8.27. The minimum atomic E-state index is 0.521. The Hall–Kier alpha value is -1.02. The molecule has 0 radical (unpaired) electrons. The number of rotatable bonds is 3. The summed E-state index contributed by atoms with van der Waals surface area (Å²) in [5, 5.41) is 0. The van der Waals surface area contributed by atoms with Crippen LogP contribution in [0, 0.1) is 6.92 Å². The van der Waals surface area contributed by atoms with Crippen molar-refractivity contribution in [1.82, 2.24) is 0 Å². The number of aldehydes is 1. The van der Waals surface area contributed by atoms with Crippen LogP contribution in [0.2, 0.25) is 0 Å². The maximum absolute atomic E-state index is 10.6. The molecule has 0 amide bonds. The summed E-state index contributed by atoms with van der Waals surface area (Å²) in [6.07, 6.45) is 1.55. The minimum Gasteiger partial charge on any atom is -0.398 e. The van der Waals surface area contributed by atoms with Crippen molar-refractivity contribution in [2.45, 2.75) is 13.3 Å². The molecule has 1 rings (SSSR count). The van der Waals surface area contributed by atoms with Crippen LogP contribution in [0.5, 0.6) is 0 Å². The second kappa shape index (κ2) is 4.28. The van der Waals surface area contributed by atoms with Crippen molar-refractivity contribution in [3.63, 3.8) is 0 Å². The van der Waals surface area contributed by atoms with Gasteiger partial charge in [-0.2, -0.15) is 0 Å². The Morgan fingerprint density at radius 3 is 2.77 bits per heavy atom. The molecule has 2 N–H and O–H groups in total. The number of alkyl halides is 1.